The van der Waals surface area contributed by atoms with Gasteiger partial charge in [-0.25, -0.2) is 9.78 Å². The van der Waals surface area contributed by atoms with Crippen molar-refractivity contribution in [1.29, 1.82) is 0 Å². The summed E-state index contributed by atoms with van der Waals surface area (Å²) in [5, 5.41) is 0. The average molecular weight is 420 g/mol. The van der Waals surface area contributed by atoms with E-state index < -0.39 is 19.5 Å². The van der Waals surface area contributed by atoms with Crippen LogP contribution in [0.15, 0.2) is 12.1 Å². The van der Waals surface area contributed by atoms with Gasteiger partial charge in [-0.1, -0.05) is 6.07 Å². The molecule has 0 saturated carbocycles. The van der Waals surface area contributed by atoms with Crippen LogP contribution in [0.3, 0.4) is 0 Å². The second-order valence-electron chi connectivity index (χ2n) is 10.9. The molecule has 0 radical (unpaired) electrons. The first-order valence-corrected chi connectivity index (χ1v) is 14.0. The largest absolute Gasteiger partial charge is 0.444 e. The van der Waals surface area contributed by atoms with E-state index in [4.69, 9.17) is 14.1 Å². The van der Waals surface area contributed by atoms with Gasteiger partial charge in [-0.2, -0.15) is 0 Å². The molecule has 1 fully saturated rings. The van der Waals surface area contributed by atoms with E-state index in [1.165, 1.54) is 5.56 Å². The standard InChI is InChI=1S/C22H37N3O3Si/c1-15-13-24(20(26)27-21(2,3)4)14-17-12-16-10-11-18(23-19(16)25(15)17)22(5,6)28-29(7,8)9/h10-11,15,17H,12-14H2,1-9H3/t15-,17-/m1/s1. The zero-order valence-electron chi connectivity index (χ0n) is 19.5. The van der Waals surface area contributed by atoms with Gasteiger partial charge in [-0.15, -0.1) is 0 Å². The molecule has 29 heavy (non-hydrogen) atoms. The lowest BCUT2D eigenvalue weighted by atomic mass is 10.0. The molecule has 1 amide bonds. The number of aromatic nitrogens is 1. The zero-order valence-corrected chi connectivity index (χ0v) is 20.5. The number of piperazine rings is 1. The summed E-state index contributed by atoms with van der Waals surface area (Å²) in [7, 11) is -1.70. The number of fused-ring (bicyclic) bond motifs is 3. The number of nitrogens with zero attached hydrogens (tertiary/aromatic N) is 3. The predicted molar refractivity (Wildman–Crippen MR) is 119 cm³/mol. The van der Waals surface area contributed by atoms with E-state index in [2.05, 4.69) is 57.4 Å². The molecule has 2 atom stereocenters. The maximum absolute atomic E-state index is 12.6. The minimum atomic E-state index is -1.70. The van der Waals surface area contributed by atoms with Crippen molar-refractivity contribution in [3.63, 3.8) is 0 Å². The van der Waals surface area contributed by atoms with Crippen LogP contribution in [-0.2, 0) is 21.2 Å². The number of carbonyl (C=O) groups is 1. The number of pyridine rings is 1. The van der Waals surface area contributed by atoms with Crippen LogP contribution in [0.25, 0.3) is 0 Å². The smallest absolute Gasteiger partial charge is 0.410 e. The maximum Gasteiger partial charge on any atom is 0.410 e. The topological polar surface area (TPSA) is 54.9 Å². The molecule has 1 saturated heterocycles. The fourth-order valence-corrected chi connectivity index (χ4v) is 6.11. The number of anilines is 1. The highest BCUT2D eigenvalue weighted by Crippen LogP contribution is 2.38. The van der Waals surface area contributed by atoms with Gasteiger partial charge in [0, 0.05) is 19.1 Å². The van der Waals surface area contributed by atoms with Crippen molar-refractivity contribution >= 4 is 20.2 Å². The Bertz CT molecular complexity index is 782. The van der Waals surface area contributed by atoms with E-state index in [0.717, 1.165) is 17.9 Å². The van der Waals surface area contributed by atoms with Crippen LogP contribution in [0.2, 0.25) is 19.6 Å². The second-order valence-corrected chi connectivity index (χ2v) is 15.3. The summed E-state index contributed by atoms with van der Waals surface area (Å²) in [4.78, 5) is 21.9. The van der Waals surface area contributed by atoms with Gasteiger partial charge in [0.05, 0.1) is 17.3 Å². The van der Waals surface area contributed by atoms with Crippen LogP contribution in [0.1, 0.15) is 52.8 Å². The number of ether oxygens (including phenoxy) is 1. The number of hydrogen-bond acceptors (Lipinski definition) is 5. The molecule has 0 spiro atoms. The molecule has 3 heterocycles. The molecule has 7 heteroatoms. The minimum absolute atomic E-state index is 0.186. The SMILES string of the molecule is C[C@@H]1CN(C(=O)OC(C)(C)C)C[C@H]2Cc3ccc(C(C)(C)O[Si](C)(C)C)nc3N21. The third-order valence-corrected chi connectivity index (χ3v) is 6.39. The van der Waals surface area contributed by atoms with E-state index in [0.29, 0.717) is 13.1 Å². The Kier molecular flexibility index (Phi) is 5.54. The van der Waals surface area contributed by atoms with Crippen molar-refractivity contribution in [2.45, 2.75) is 90.9 Å². The molecular formula is C22H37N3O3Si. The average Bonchev–Trinajstić information content (AvgIpc) is 2.88. The van der Waals surface area contributed by atoms with Gasteiger partial charge in [0.25, 0.3) is 0 Å². The van der Waals surface area contributed by atoms with Crippen molar-refractivity contribution in [2.75, 3.05) is 18.0 Å². The Labute approximate surface area is 176 Å². The van der Waals surface area contributed by atoms with Gasteiger partial charge in [-0.3, -0.25) is 0 Å². The molecule has 2 aliphatic heterocycles. The molecule has 0 N–H and O–H groups in total. The summed E-state index contributed by atoms with van der Waals surface area (Å²) in [6, 6.07) is 4.72. The van der Waals surface area contributed by atoms with Gasteiger partial charge >= 0.3 is 6.09 Å². The number of amides is 1. The summed E-state index contributed by atoms with van der Waals surface area (Å²) in [6.45, 7) is 20.0. The molecule has 2 aliphatic rings. The fourth-order valence-electron chi connectivity index (χ4n) is 4.47. The van der Waals surface area contributed by atoms with Gasteiger partial charge in [0.15, 0.2) is 8.32 Å². The van der Waals surface area contributed by atoms with Crippen molar-refractivity contribution < 1.29 is 14.0 Å². The molecule has 0 bridgehead atoms. The van der Waals surface area contributed by atoms with Gasteiger partial charge in [0.2, 0.25) is 0 Å². The quantitative estimate of drug-likeness (QED) is 0.673. The first kappa shape index (κ1) is 22.1. The van der Waals surface area contributed by atoms with E-state index >= 15 is 0 Å². The molecular weight excluding hydrogens is 382 g/mol. The maximum atomic E-state index is 12.6. The first-order chi connectivity index (χ1) is 13.2. The Hall–Kier alpha value is -1.60. The lowest BCUT2D eigenvalue weighted by molar-refractivity contribution is 0.0191. The monoisotopic (exact) mass is 419 g/mol. The highest BCUT2D eigenvalue weighted by atomic mass is 28.4. The normalized spacial score (nSPS) is 22.4. The van der Waals surface area contributed by atoms with E-state index in [-0.39, 0.29) is 18.2 Å². The first-order valence-electron chi connectivity index (χ1n) is 10.6. The van der Waals surface area contributed by atoms with Crippen LogP contribution in [-0.4, -0.2) is 55.1 Å². The summed E-state index contributed by atoms with van der Waals surface area (Å²) in [5.74, 6) is 1.05. The van der Waals surface area contributed by atoms with Gasteiger partial charge < -0.3 is 19.0 Å². The number of carbonyl (C=O) groups excluding carboxylic acids is 1. The molecule has 3 rings (SSSR count). The molecule has 1 aromatic heterocycles. The lowest BCUT2D eigenvalue weighted by Crippen LogP contribution is -2.58. The summed E-state index contributed by atoms with van der Waals surface area (Å²) < 4.78 is 12.0. The van der Waals surface area contributed by atoms with Crippen molar-refractivity contribution in [2.24, 2.45) is 0 Å². The summed E-state index contributed by atoms with van der Waals surface area (Å²) >= 11 is 0. The zero-order chi connectivity index (χ0) is 21.8. The molecule has 162 valence electrons. The highest BCUT2D eigenvalue weighted by molar-refractivity contribution is 6.69. The molecule has 1 aromatic rings. The van der Waals surface area contributed by atoms with Crippen LogP contribution < -0.4 is 4.90 Å². The van der Waals surface area contributed by atoms with Gasteiger partial charge in [0.1, 0.15) is 11.4 Å². The Balaban J connectivity index is 1.81. The molecule has 6 nitrogen and oxygen atoms in total. The Morgan fingerprint density at radius 1 is 1.14 bits per heavy atom. The van der Waals surface area contributed by atoms with Crippen molar-refractivity contribution in [1.82, 2.24) is 9.88 Å². The molecule has 0 aromatic carbocycles. The van der Waals surface area contributed by atoms with Crippen LogP contribution in [0.5, 0.6) is 0 Å². The van der Waals surface area contributed by atoms with Crippen LogP contribution in [0.4, 0.5) is 10.6 Å². The third kappa shape index (κ3) is 4.94. The van der Waals surface area contributed by atoms with E-state index in [9.17, 15) is 4.79 Å². The van der Waals surface area contributed by atoms with E-state index in [1.54, 1.807) is 0 Å². The molecule has 0 unspecified atom stereocenters. The highest BCUT2D eigenvalue weighted by Gasteiger charge is 2.42. The van der Waals surface area contributed by atoms with Crippen LogP contribution in [0, 0.1) is 0 Å². The summed E-state index contributed by atoms with van der Waals surface area (Å²) in [5.41, 5.74) is 1.33. The fraction of sp³-hybridized carbons (Fsp3) is 0.727. The minimum Gasteiger partial charge on any atom is -0.444 e. The van der Waals surface area contributed by atoms with Gasteiger partial charge in [-0.05, 0) is 79.2 Å². The number of rotatable bonds is 3. The Morgan fingerprint density at radius 2 is 1.79 bits per heavy atom. The third-order valence-electron chi connectivity index (χ3n) is 5.27. The van der Waals surface area contributed by atoms with E-state index in [1.807, 2.05) is 25.7 Å². The van der Waals surface area contributed by atoms with Crippen LogP contribution >= 0.6 is 0 Å². The molecule has 0 aliphatic carbocycles. The Morgan fingerprint density at radius 3 is 2.38 bits per heavy atom. The van der Waals surface area contributed by atoms with Crippen molar-refractivity contribution in [3.8, 4) is 0 Å². The number of hydrogen-bond donors (Lipinski definition) is 0. The second kappa shape index (κ2) is 7.27. The lowest BCUT2D eigenvalue weighted by Gasteiger charge is -2.43. The predicted octanol–water partition coefficient (Wildman–Crippen LogP) is 4.54. The summed E-state index contributed by atoms with van der Waals surface area (Å²) in [6.07, 6.45) is 0.681. The van der Waals surface area contributed by atoms with Crippen molar-refractivity contribution in [3.05, 3.63) is 23.4 Å².